The lowest BCUT2D eigenvalue weighted by Gasteiger charge is -2.26. The number of amides is 3. The molecule has 3 aromatic rings. The van der Waals surface area contributed by atoms with Crippen molar-refractivity contribution in [2.24, 2.45) is 5.92 Å². The van der Waals surface area contributed by atoms with Crippen LogP contribution in [0.2, 0.25) is 0 Å². The molecule has 5 rings (SSSR count). The molecule has 184 valence electrons. The summed E-state index contributed by atoms with van der Waals surface area (Å²) in [6.45, 7) is 2.30. The number of pyridine rings is 1. The number of carbonyl (C=O) groups is 3. The van der Waals surface area contributed by atoms with Gasteiger partial charge in [0.25, 0.3) is 5.91 Å². The molecule has 1 aliphatic heterocycles. The quantitative estimate of drug-likeness (QED) is 0.547. The number of rotatable bonds is 5. The Morgan fingerprint density at radius 1 is 1.14 bits per heavy atom. The number of fused-ring (bicyclic) bond motifs is 2. The van der Waals surface area contributed by atoms with Gasteiger partial charge in [-0.05, 0) is 59.7 Å². The summed E-state index contributed by atoms with van der Waals surface area (Å²) in [6, 6.07) is 14.8. The van der Waals surface area contributed by atoms with Gasteiger partial charge in [-0.3, -0.25) is 9.69 Å². The fourth-order valence-electron chi connectivity index (χ4n) is 4.86. The van der Waals surface area contributed by atoms with Crippen LogP contribution in [0, 0.1) is 5.92 Å². The molecule has 8 nitrogen and oxygen atoms in total. The van der Waals surface area contributed by atoms with E-state index in [1.807, 2.05) is 48.5 Å². The fourth-order valence-corrected chi connectivity index (χ4v) is 4.86. The van der Waals surface area contributed by atoms with E-state index < -0.39 is 24.5 Å². The normalized spacial score (nSPS) is 18.2. The number of carbonyl (C=O) groups excluding carboxylic acids is 3. The van der Waals surface area contributed by atoms with Gasteiger partial charge in [-0.2, -0.15) is 0 Å². The first kappa shape index (κ1) is 23.5. The Kier molecular flexibility index (Phi) is 6.41. The first-order valence-corrected chi connectivity index (χ1v) is 12.0. The Hall–Kier alpha value is -4.20. The number of urea groups is 1. The van der Waals surface area contributed by atoms with Gasteiger partial charge in [-0.25, -0.2) is 14.6 Å². The van der Waals surface area contributed by atoms with E-state index >= 15 is 0 Å². The number of imide groups is 1. The highest BCUT2D eigenvalue weighted by Crippen LogP contribution is 2.38. The average Bonchev–Trinajstić information content (AvgIpc) is 3.32. The second-order valence-corrected chi connectivity index (χ2v) is 9.14. The standard InChI is InChI=1S/C28H27N3O5/c1-17-13-19(15-18-7-9-20(35-2)10-8-18)26-22(14-17)25(21-5-3-4-6-23(21)30-26)27(33)36-16-24(32)31-12-11-29-28(31)34/h3-10,15,17H,11-14,16H2,1-2H3,(H,29,34)/b19-15+. The van der Waals surface area contributed by atoms with E-state index in [9.17, 15) is 14.4 Å². The van der Waals surface area contributed by atoms with Gasteiger partial charge >= 0.3 is 12.0 Å². The molecule has 2 aliphatic rings. The summed E-state index contributed by atoms with van der Waals surface area (Å²) in [6.07, 6.45) is 3.59. The minimum Gasteiger partial charge on any atom is -0.497 e. The van der Waals surface area contributed by atoms with Crippen LogP contribution in [0.1, 0.15) is 40.5 Å². The van der Waals surface area contributed by atoms with Crippen molar-refractivity contribution >= 4 is 40.5 Å². The van der Waals surface area contributed by atoms with E-state index in [0.717, 1.165) is 39.5 Å². The number of methoxy groups -OCH3 is 1. The number of benzene rings is 2. The number of ether oxygens (including phenoxy) is 2. The van der Waals surface area contributed by atoms with E-state index in [1.165, 1.54) is 0 Å². The monoisotopic (exact) mass is 485 g/mol. The molecule has 2 aromatic carbocycles. The molecule has 1 N–H and O–H groups in total. The van der Waals surface area contributed by atoms with E-state index in [0.29, 0.717) is 29.4 Å². The molecular weight excluding hydrogens is 458 g/mol. The predicted octanol–water partition coefficient (Wildman–Crippen LogP) is 4.07. The van der Waals surface area contributed by atoms with Gasteiger partial charge in [0.1, 0.15) is 5.75 Å². The highest BCUT2D eigenvalue weighted by atomic mass is 16.5. The molecule has 0 bridgehead atoms. The average molecular weight is 486 g/mol. The van der Waals surface area contributed by atoms with E-state index in [1.54, 1.807) is 7.11 Å². The summed E-state index contributed by atoms with van der Waals surface area (Å²) in [5.41, 5.74) is 4.77. The maximum absolute atomic E-state index is 13.4. The first-order chi connectivity index (χ1) is 17.4. The Labute approximate surface area is 208 Å². The van der Waals surface area contributed by atoms with Gasteiger partial charge in [0.2, 0.25) is 0 Å². The van der Waals surface area contributed by atoms with Crippen LogP contribution in [0.3, 0.4) is 0 Å². The van der Waals surface area contributed by atoms with Crippen molar-refractivity contribution in [2.75, 3.05) is 26.8 Å². The van der Waals surface area contributed by atoms with Gasteiger partial charge in [0.05, 0.1) is 23.9 Å². The number of hydrogen-bond donors (Lipinski definition) is 1. The van der Waals surface area contributed by atoms with Gasteiger partial charge in [0, 0.05) is 18.5 Å². The number of nitrogens with one attached hydrogen (secondary N) is 1. The van der Waals surface area contributed by atoms with Crippen LogP contribution in [0.25, 0.3) is 22.6 Å². The maximum atomic E-state index is 13.4. The summed E-state index contributed by atoms with van der Waals surface area (Å²) in [4.78, 5) is 43.7. The third kappa shape index (κ3) is 4.54. The zero-order valence-corrected chi connectivity index (χ0v) is 20.2. The molecule has 3 amide bonds. The Morgan fingerprint density at radius 2 is 1.92 bits per heavy atom. The Morgan fingerprint density at radius 3 is 2.64 bits per heavy atom. The molecule has 1 aliphatic carbocycles. The van der Waals surface area contributed by atoms with Crippen LogP contribution in [0.4, 0.5) is 4.79 Å². The molecule has 36 heavy (non-hydrogen) atoms. The van der Waals surface area contributed by atoms with Crippen LogP contribution in [-0.2, 0) is 16.0 Å². The van der Waals surface area contributed by atoms with Crippen LogP contribution in [0.5, 0.6) is 5.75 Å². The van der Waals surface area contributed by atoms with Crippen molar-refractivity contribution in [3.63, 3.8) is 0 Å². The molecule has 0 saturated carbocycles. The Balaban J connectivity index is 1.53. The topological polar surface area (TPSA) is 97.8 Å². The summed E-state index contributed by atoms with van der Waals surface area (Å²) < 4.78 is 10.7. The van der Waals surface area contributed by atoms with Crippen LogP contribution in [-0.4, -0.2) is 54.6 Å². The molecule has 1 saturated heterocycles. The van der Waals surface area contributed by atoms with Crippen molar-refractivity contribution in [1.29, 1.82) is 0 Å². The zero-order chi connectivity index (χ0) is 25.2. The van der Waals surface area contributed by atoms with Crippen molar-refractivity contribution in [3.05, 3.63) is 70.9 Å². The highest BCUT2D eigenvalue weighted by molar-refractivity contribution is 6.07. The zero-order valence-electron chi connectivity index (χ0n) is 20.2. The number of hydrogen-bond acceptors (Lipinski definition) is 6. The molecule has 1 fully saturated rings. The minimum atomic E-state index is -0.587. The van der Waals surface area contributed by atoms with Crippen molar-refractivity contribution in [2.45, 2.75) is 19.8 Å². The summed E-state index contributed by atoms with van der Waals surface area (Å²) in [5.74, 6) is -0.0640. The minimum absolute atomic E-state index is 0.264. The highest BCUT2D eigenvalue weighted by Gasteiger charge is 2.31. The number of nitrogens with zero attached hydrogens (tertiary/aromatic N) is 2. The van der Waals surface area contributed by atoms with Gasteiger partial charge in [-0.1, -0.05) is 37.3 Å². The smallest absolute Gasteiger partial charge is 0.339 e. The summed E-state index contributed by atoms with van der Waals surface area (Å²) >= 11 is 0. The summed E-state index contributed by atoms with van der Waals surface area (Å²) in [7, 11) is 1.63. The molecule has 0 spiro atoms. The van der Waals surface area contributed by atoms with Gasteiger partial charge < -0.3 is 14.8 Å². The van der Waals surface area contributed by atoms with Crippen LogP contribution in [0.15, 0.2) is 48.5 Å². The molecule has 0 radical (unpaired) electrons. The lowest BCUT2D eigenvalue weighted by Crippen LogP contribution is -2.37. The SMILES string of the molecule is COc1ccc(/C=C2\CC(C)Cc3c2nc2ccccc2c3C(=O)OCC(=O)N2CCNC2=O)cc1. The largest absolute Gasteiger partial charge is 0.497 e. The number of aromatic nitrogens is 1. The van der Waals surface area contributed by atoms with Crippen LogP contribution < -0.4 is 10.1 Å². The third-order valence-corrected chi connectivity index (χ3v) is 6.56. The van der Waals surface area contributed by atoms with E-state index in [4.69, 9.17) is 14.5 Å². The van der Waals surface area contributed by atoms with Gasteiger partial charge in [0.15, 0.2) is 6.61 Å². The molecule has 1 unspecified atom stereocenters. The molecule has 1 atom stereocenters. The third-order valence-electron chi connectivity index (χ3n) is 6.56. The van der Waals surface area contributed by atoms with Crippen molar-refractivity contribution < 1.29 is 23.9 Å². The summed E-state index contributed by atoms with van der Waals surface area (Å²) in [5, 5.41) is 3.26. The number of para-hydroxylation sites is 1. The maximum Gasteiger partial charge on any atom is 0.339 e. The van der Waals surface area contributed by atoms with Crippen LogP contribution >= 0.6 is 0 Å². The van der Waals surface area contributed by atoms with Gasteiger partial charge in [-0.15, -0.1) is 0 Å². The lowest BCUT2D eigenvalue weighted by atomic mass is 9.80. The second-order valence-electron chi connectivity index (χ2n) is 9.14. The second kappa shape index (κ2) is 9.81. The number of allylic oxidation sites excluding steroid dienone is 1. The molecule has 2 heterocycles. The predicted molar refractivity (Wildman–Crippen MR) is 135 cm³/mol. The molecular formula is C28H27N3O5. The van der Waals surface area contributed by atoms with E-state index in [-0.39, 0.29) is 12.5 Å². The van der Waals surface area contributed by atoms with Crippen molar-refractivity contribution in [1.82, 2.24) is 15.2 Å². The number of esters is 1. The lowest BCUT2D eigenvalue weighted by molar-refractivity contribution is -0.130. The fraction of sp³-hybridized carbons (Fsp3) is 0.286. The molecule has 8 heteroatoms. The van der Waals surface area contributed by atoms with E-state index in [2.05, 4.69) is 18.3 Å². The molecule has 1 aromatic heterocycles. The first-order valence-electron chi connectivity index (χ1n) is 12.0. The van der Waals surface area contributed by atoms with Crippen molar-refractivity contribution in [3.8, 4) is 5.75 Å². The Bertz CT molecular complexity index is 1380.